The first kappa shape index (κ1) is 20.1. The normalized spacial score (nSPS) is 24.9. The van der Waals surface area contributed by atoms with Crippen LogP contribution in [0.5, 0.6) is 0 Å². The number of rotatable bonds is 3. The molecule has 158 valence electrons. The Kier molecular flexibility index (Phi) is 4.67. The molecule has 2 amide bonds. The van der Waals surface area contributed by atoms with E-state index in [4.69, 9.17) is 4.74 Å². The molecule has 8 heteroatoms. The van der Waals surface area contributed by atoms with Crippen LogP contribution in [0.4, 0.5) is 10.5 Å². The molecule has 0 bridgehead atoms. The Morgan fingerprint density at radius 2 is 1.97 bits per heavy atom. The van der Waals surface area contributed by atoms with E-state index in [1.165, 1.54) is 4.57 Å². The van der Waals surface area contributed by atoms with Crippen LogP contribution < -0.4 is 10.9 Å². The molecule has 0 aromatic carbocycles. The summed E-state index contributed by atoms with van der Waals surface area (Å²) >= 11 is 0. The average Bonchev–Trinajstić information content (AvgIpc) is 3.23. The molecule has 30 heavy (non-hydrogen) atoms. The van der Waals surface area contributed by atoms with E-state index >= 15 is 0 Å². The van der Waals surface area contributed by atoms with Crippen LogP contribution in [0.1, 0.15) is 40.5 Å². The highest BCUT2D eigenvalue weighted by atomic mass is 16.6. The molecule has 2 aliphatic rings. The lowest BCUT2D eigenvalue weighted by atomic mass is 10.0. The minimum Gasteiger partial charge on any atom is -0.444 e. The molecule has 2 aromatic rings. The predicted octanol–water partition coefficient (Wildman–Crippen LogP) is 2.96. The van der Waals surface area contributed by atoms with E-state index in [2.05, 4.69) is 17.2 Å². The maximum Gasteiger partial charge on any atom is 0.411 e. The molecule has 0 radical (unpaired) electrons. The predicted molar refractivity (Wildman–Crippen MR) is 111 cm³/mol. The van der Waals surface area contributed by atoms with Crippen molar-refractivity contribution in [1.82, 2.24) is 14.5 Å². The van der Waals surface area contributed by atoms with E-state index in [-0.39, 0.29) is 28.6 Å². The molecular weight excluding hydrogens is 384 g/mol. The first-order chi connectivity index (χ1) is 14.1. The largest absolute Gasteiger partial charge is 0.444 e. The van der Waals surface area contributed by atoms with E-state index < -0.39 is 17.7 Å². The number of carbonyl (C=O) groups is 2. The van der Waals surface area contributed by atoms with Crippen LogP contribution in [0.25, 0.3) is 5.82 Å². The third-order valence-electron chi connectivity index (χ3n) is 5.64. The number of aromatic nitrogens is 2. The van der Waals surface area contributed by atoms with E-state index in [0.29, 0.717) is 12.2 Å². The molecule has 2 aromatic heterocycles. The van der Waals surface area contributed by atoms with Gasteiger partial charge in [-0.25, -0.2) is 9.78 Å². The van der Waals surface area contributed by atoms with Gasteiger partial charge in [0.25, 0.3) is 5.56 Å². The Bertz CT molecular complexity index is 1040. The molecule has 3 atom stereocenters. The van der Waals surface area contributed by atoms with Crippen molar-refractivity contribution in [2.24, 2.45) is 5.41 Å². The SMILES string of the molecule is CC(C)(C)OC(=O)N1C2C[C@]2(C)C[C@H]1C(=O)Nc1cccn(-c2ccccn2)c1=O. The summed E-state index contributed by atoms with van der Waals surface area (Å²) in [5.41, 5.74) is -0.975. The van der Waals surface area contributed by atoms with Gasteiger partial charge in [-0.3, -0.25) is 19.1 Å². The smallest absolute Gasteiger partial charge is 0.411 e. The number of amides is 2. The third kappa shape index (κ3) is 3.69. The zero-order valence-electron chi connectivity index (χ0n) is 17.6. The number of nitrogens with zero attached hydrogens (tertiary/aromatic N) is 3. The fraction of sp³-hybridized carbons (Fsp3) is 0.455. The summed E-state index contributed by atoms with van der Waals surface area (Å²) in [4.78, 5) is 44.4. The molecule has 2 fully saturated rings. The number of anilines is 1. The molecular formula is C22H26N4O4. The van der Waals surface area contributed by atoms with Crippen molar-refractivity contribution in [1.29, 1.82) is 0 Å². The summed E-state index contributed by atoms with van der Waals surface area (Å²) in [6.45, 7) is 7.46. The number of nitrogens with one attached hydrogen (secondary N) is 1. The van der Waals surface area contributed by atoms with E-state index in [0.717, 1.165) is 6.42 Å². The van der Waals surface area contributed by atoms with E-state index in [1.807, 2.05) is 0 Å². The highest BCUT2D eigenvalue weighted by Gasteiger charge is 2.65. The molecule has 8 nitrogen and oxygen atoms in total. The van der Waals surface area contributed by atoms with E-state index in [1.54, 1.807) is 68.4 Å². The first-order valence-electron chi connectivity index (χ1n) is 10.0. The van der Waals surface area contributed by atoms with Crippen molar-refractivity contribution < 1.29 is 14.3 Å². The number of piperidine rings is 1. The van der Waals surface area contributed by atoms with Crippen LogP contribution in [0, 0.1) is 5.41 Å². The fourth-order valence-electron chi connectivity index (χ4n) is 4.06. The van der Waals surface area contributed by atoms with Crippen molar-refractivity contribution in [2.75, 3.05) is 5.32 Å². The van der Waals surface area contributed by atoms with Gasteiger partial charge in [-0.1, -0.05) is 13.0 Å². The van der Waals surface area contributed by atoms with Gasteiger partial charge in [0, 0.05) is 18.4 Å². The topological polar surface area (TPSA) is 93.5 Å². The summed E-state index contributed by atoms with van der Waals surface area (Å²) in [5.74, 6) is 0.0776. The lowest BCUT2D eigenvalue weighted by Crippen LogP contribution is -2.47. The van der Waals surface area contributed by atoms with Gasteiger partial charge in [-0.2, -0.15) is 0 Å². The van der Waals surface area contributed by atoms with Gasteiger partial charge in [-0.15, -0.1) is 0 Å². The van der Waals surface area contributed by atoms with Crippen molar-refractivity contribution >= 4 is 17.7 Å². The van der Waals surface area contributed by atoms with Crippen LogP contribution >= 0.6 is 0 Å². The Morgan fingerprint density at radius 1 is 1.20 bits per heavy atom. The van der Waals surface area contributed by atoms with Gasteiger partial charge >= 0.3 is 6.09 Å². The van der Waals surface area contributed by atoms with Crippen LogP contribution in [-0.4, -0.2) is 44.1 Å². The van der Waals surface area contributed by atoms with Crippen LogP contribution in [0.3, 0.4) is 0 Å². The Balaban J connectivity index is 1.57. The molecule has 1 aliphatic heterocycles. The molecule has 1 N–H and O–H groups in total. The summed E-state index contributed by atoms with van der Waals surface area (Å²) in [5, 5.41) is 2.72. The van der Waals surface area contributed by atoms with Gasteiger partial charge in [0.05, 0.1) is 0 Å². The molecule has 4 rings (SSSR count). The highest BCUT2D eigenvalue weighted by Crippen LogP contribution is 2.59. The van der Waals surface area contributed by atoms with Gasteiger partial charge < -0.3 is 10.1 Å². The van der Waals surface area contributed by atoms with Crippen LogP contribution in [0.2, 0.25) is 0 Å². The summed E-state index contributed by atoms with van der Waals surface area (Å²) in [6, 6.07) is 7.79. The lowest BCUT2D eigenvalue weighted by molar-refractivity contribution is -0.121. The summed E-state index contributed by atoms with van der Waals surface area (Å²) in [7, 11) is 0. The molecule has 1 saturated heterocycles. The zero-order chi connectivity index (χ0) is 21.7. The second kappa shape index (κ2) is 6.97. The number of fused-ring (bicyclic) bond motifs is 1. The third-order valence-corrected chi connectivity index (χ3v) is 5.64. The van der Waals surface area contributed by atoms with Crippen molar-refractivity contribution in [3.05, 3.63) is 53.1 Å². The van der Waals surface area contributed by atoms with Crippen molar-refractivity contribution in [3.8, 4) is 5.82 Å². The minimum absolute atomic E-state index is 0.0101. The quantitative estimate of drug-likeness (QED) is 0.840. The molecule has 1 unspecified atom stereocenters. The molecule has 1 saturated carbocycles. The number of hydrogen-bond donors (Lipinski definition) is 1. The Labute approximate surface area is 174 Å². The monoisotopic (exact) mass is 410 g/mol. The zero-order valence-corrected chi connectivity index (χ0v) is 17.6. The van der Waals surface area contributed by atoms with Gasteiger partial charge in [0.1, 0.15) is 23.1 Å². The summed E-state index contributed by atoms with van der Waals surface area (Å²) in [6.07, 6.45) is 4.10. The van der Waals surface area contributed by atoms with Gasteiger partial charge in [-0.05, 0) is 63.3 Å². The lowest BCUT2D eigenvalue weighted by Gasteiger charge is -2.29. The fourth-order valence-corrected chi connectivity index (χ4v) is 4.06. The minimum atomic E-state index is -0.675. The highest BCUT2D eigenvalue weighted by molar-refractivity contribution is 5.97. The average molecular weight is 410 g/mol. The Morgan fingerprint density at radius 3 is 2.63 bits per heavy atom. The summed E-state index contributed by atoms with van der Waals surface area (Å²) < 4.78 is 6.90. The van der Waals surface area contributed by atoms with E-state index in [9.17, 15) is 14.4 Å². The van der Waals surface area contributed by atoms with Crippen LogP contribution in [0.15, 0.2) is 47.5 Å². The number of hydrogen-bond acceptors (Lipinski definition) is 5. The standard InChI is InChI=1S/C22H26N4O4/c1-21(2,3)30-20(29)26-15(12-22(4)13-16(22)26)18(27)24-14-8-7-11-25(19(14)28)17-9-5-6-10-23-17/h5-11,15-16H,12-13H2,1-4H3,(H,24,27)/t15-,16?,22-/m0/s1. The first-order valence-corrected chi connectivity index (χ1v) is 10.0. The second-order valence-corrected chi connectivity index (χ2v) is 9.26. The van der Waals surface area contributed by atoms with Gasteiger partial charge in [0.2, 0.25) is 5.91 Å². The number of carbonyl (C=O) groups excluding carboxylic acids is 2. The van der Waals surface area contributed by atoms with Gasteiger partial charge in [0.15, 0.2) is 0 Å². The van der Waals surface area contributed by atoms with Crippen LogP contribution in [-0.2, 0) is 9.53 Å². The Hall–Kier alpha value is -3.16. The maximum atomic E-state index is 13.1. The molecule has 0 spiro atoms. The molecule has 3 heterocycles. The number of ether oxygens (including phenoxy) is 1. The second-order valence-electron chi connectivity index (χ2n) is 9.26. The molecule has 1 aliphatic carbocycles. The number of pyridine rings is 2. The van der Waals surface area contributed by atoms with Crippen molar-refractivity contribution in [2.45, 2.75) is 58.2 Å². The van der Waals surface area contributed by atoms with Crippen molar-refractivity contribution in [3.63, 3.8) is 0 Å². The number of likely N-dealkylation sites (tertiary alicyclic amines) is 1. The maximum absolute atomic E-state index is 13.1.